The number of aliphatic hydroxyl groups is 1. The lowest BCUT2D eigenvalue weighted by atomic mass is 10.1. The average Bonchev–Trinajstić information content (AvgIpc) is 3.32. The van der Waals surface area contributed by atoms with Gasteiger partial charge in [0.15, 0.2) is 5.03 Å². The maximum absolute atomic E-state index is 13.6. The van der Waals surface area contributed by atoms with Gasteiger partial charge < -0.3 is 14.6 Å². The number of hydrogen-bond donors (Lipinski definition) is 1. The van der Waals surface area contributed by atoms with Crippen LogP contribution in [0.25, 0.3) is 0 Å². The zero-order valence-electron chi connectivity index (χ0n) is 18.7. The molecule has 1 N–H and O–H groups in total. The Morgan fingerprint density at radius 2 is 1.38 bits per heavy atom. The van der Waals surface area contributed by atoms with Crippen LogP contribution in [0.4, 0.5) is 0 Å². The number of aliphatic hydroxyl groups excluding tert-OH is 1. The van der Waals surface area contributed by atoms with E-state index in [9.17, 15) is 13.5 Å². The summed E-state index contributed by atoms with van der Waals surface area (Å²) in [6, 6.07) is 16.0. The van der Waals surface area contributed by atoms with Crippen LogP contribution in [0.3, 0.4) is 0 Å². The Morgan fingerprint density at radius 1 is 0.906 bits per heavy atom. The molecule has 3 aromatic rings. The number of rotatable bonds is 10. The summed E-state index contributed by atoms with van der Waals surface area (Å²) in [4.78, 5) is 0. The molecule has 0 saturated heterocycles. The molecule has 0 atom stereocenters. The minimum absolute atomic E-state index is 0.0685. The van der Waals surface area contributed by atoms with E-state index in [-0.39, 0.29) is 24.7 Å². The van der Waals surface area contributed by atoms with Gasteiger partial charge in [-0.2, -0.15) is 9.40 Å². The van der Waals surface area contributed by atoms with Crippen molar-refractivity contribution in [2.75, 3.05) is 20.8 Å². The first kappa shape index (κ1) is 23.8. The highest BCUT2D eigenvalue weighted by molar-refractivity contribution is 7.89. The molecule has 0 radical (unpaired) electrons. The minimum Gasteiger partial charge on any atom is -0.497 e. The molecule has 1 aromatic heterocycles. The predicted molar refractivity (Wildman–Crippen MR) is 121 cm³/mol. The quantitative estimate of drug-likeness (QED) is 0.501. The van der Waals surface area contributed by atoms with Gasteiger partial charge in [0.1, 0.15) is 11.5 Å². The number of ether oxygens (including phenoxy) is 2. The number of aromatic nitrogens is 2. The van der Waals surface area contributed by atoms with Crippen molar-refractivity contribution in [1.29, 1.82) is 0 Å². The molecule has 3 rings (SSSR count). The van der Waals surface area contributed by atoms with Crippen LogP contribution in [0.15, 0.2) is 65.8 Å². The molecule has 2 aromatic carbocycles. The van der Waals surface area contributed by atoms with Crippen LogP contribution in [0.5, 0.6) is 11.5 Å². The molecule has 0 saturated carbocycles. The summed E-state index contributed by atoms with van der Waals surface area (Å²) in [5.41, 5.74) is 0.918. The molecule has 0 amide bonds. The third-order valence-corrected chi connectivity index (χ3v) is 6.90. The second-order valence-corrected chi connectivity index (χ2v) is 9.92. The van der Waals surface area contributed by atoms with E-state index in [1.54, 1.807) is 58.5 Å². The Balaban J connectivity index is 1.95. The van der Waals surface area contributed by atoms with E-state index in [4.69, 9.17) is 9.47 Å². The summed E-state index contributed by atoms with van der Waals surface area (Å²) in [5, 5.41) is 13.8. The van der Waals surface area contributed by atoms with Crippen molar-refractivity contribution < 1.29 is 23.0 Å². The fraction of sp³-hybridized carbons (Fsp3) is 0.348. The third-order valence-electron chi connectivity index (χ3n) is 5.21. The standard InChI is InChI=1S/C23H29N3O5S/c1-23(2,17-27)26-14-13-22(24-26)32(28,29)25(15-18-5-9-20(30-3)10-6-18)16-19-7-11-21(31-4)12-8-19/h5-14,27H,15-17H2,1-4H3. The van der Waals surface area contributed by atoms with E-state index in [0.29, 0.717) is 11.5 Å². The summed E-state index contributed by atoms with van der Waals surface area (Å²) in [6.45, 7) is 3.71. The molecule has 0 aliphatic heterocycles. The molecule has 9 heteroatoms. The van der Waals surface area contributed by atoms with Crippen LogP contribution < -0.4 is 9.47 Å². The maximum atomic E-state index is 13.6. The van der Waals surface area contributed by atoms with E-state index >= 15 is 0 Å². The summed E-state index contributed by atoms with van der Waals surface area (Å²) >= 11 is 0. The zero-order valence-corrected chi connectivity index (χ0v) is 19.5. The molecular formula is C23H29N3O5S. The van der Waals surface area contributed by atoms with Crippen molar-refractivity contribution in [3.05, 3.63) is 71.9 Å². The Bertz CT molecular complexity index is 1070. The van der Waals surface area contributed by atoms with Gasteiger partial charge in [0, 0.05) is 19.3 Å². The highest BCUT2D eigenvalue weighted by Gasteiger charge is 2.29. The Hall–Kier alpha value is -2.88. The largest absolute Gasteiger partial charge is 0.497 e. The normalized spacial score (nSPS) is 12.2. The zero-order chi connectivity index (χ0) is 23.4. The number of sulfonamides is 1. The van der Waals surface area contributed by atoms with Gasteiger partial charge in [-0.3, -0.25) is 4.68 Å². The van der Waals surface area contributed by atoms with Gasteiger partial charge in [-0.05, 0) is 55.3 Å². The second-order valence-electron chi connectivity index (χ2n) is 8.04. The fourth-order valence-electron chi connectivity index (χ4n) is 3.08. The van der Waals surface area contributed by atoms with E-state index < -0.39 is 15.6 Å². The lowest BCUT2D eigenvalue weighted by Crippen LogP contribution is -2.33. The SMILES string of the molecule is COc1ccc(CN(Cc2ccc(OC)cc2)S(=O)(=O)c2ccn(C(C)(C)CO)n2)cc1. The van der Waals surface area contributed by atoms with Crippen LogP contribution in [0.1, 0.15) is 25.0 Å². The lowest BCUT2D eigenvalue weighted by Gasteiger charge is -2.23. The highest BCUT2D eigenvalue weighted by atomic mass is 32.2. The van der Waals surface area contributed by atoms with E-state index in [1.807, 2.05) is 24.3 Å². The third kappa shape index (κ3) is 5.29. The van der Waals surface area contributed by atoms with E-state index in [0.717, 1.165) is 11.1 Å². The van der Waals surface area contributed by atoms with Crippen molar-refractivity contribution in [2.45, 2.75) is 37.5 Å². The number of methoxy groups -OCH3 is 2. The van der Waals surface area contributed by atoms with Crippen LogP contribution in [-0.4, -0.2) is 48.4 Å². The summed E-state index contributed by atoms with van der Waals surface area (Å²) < 4.78 is 40.4. The average molecular weight is 460 g/mol. The molecule has 32 heavy (non-hydrogen) atoms. The molecule has 0 unspecified atom stereocenters. The van der Waals surface area contributed by atoms with Crippen molar-refractivity contribution in [3.8, 4) is 11.5 Å². The van der Waals surface area contributed by atoms with Crippen molar-refractivity contribution in [2.24, 2.45) is 0 Å². The van der Waals surface area contributed by atoms with E-state index in [1.165, 1.54) is 15.1 Å². The Kier molecular flexibility index (Phi) is 7.22. The Labute approximate surface area is 189 Å². The summed E-state index contributed by atoms with van der Waals surface area (Å²) in [6.07, 6.45) is 1.57. The van der Waals surface area contributed by atoms with Crippen LogP contribution in [0, 0.1) is 0 Å². The first-order valence-corrected chi connectivity index (χ1v) is 11.6. The number of nitrogens with zero attached hydrogens (tertiary/aromatic N) is 3. The molecule has 0 aliphatic rings. The van der Waals surface area contributed by atoms with Gasteiger partial charge in [0.05, 0.1) is 26.4 Å². The van der Waals surface area contributed by atoms with Crippen LogP contribution in [-0.2, 0) is 28.7 Å². The molecule has 0 bridgehead atoms. The first-order chi connectivity index (χ1) is 15.2. The molecule has 8 nitrogen and oxygen atoms in total. The molecule has 0 spiro atoms. The minimum atomic E-state index is -3.92. The molecule has 1 heterocycles. The van der Waals surface area contributed by atoms with Gasteiger partial charge in [-0.15, -0.1) is 0 Å². The van der Waals surface area contributed by atoms with Gasteiger partial charge in [-0.25, -0.2) is 8.42 Å². The predicted octanol–water partition coefficient (Wildman–Crippen LogP) is 3.02. The van der Waals surface area contributed by atoms with Crippen LogP contribution >= 0.6 is 0 Å². The Morgan fingerprint density at radius 3 is 1.78 bits per heavy atom. The smallest absolute Gasteiger partial charge is 0.262 e. The fourth-order valence-corrected chi connectivity index (χ4v) is 4.41. The second kappa shape index (κ2) is 9.72. The monoisotopic (exact) mass is 459 g/mol. The summed E-state index contributed by atoms with van der Waals surface area (Å²) in [7, 11) is -0.753. The van der Waals surface area contributed by atoms with Gasteiger partial charge in [0.2, 0.25) is 0 Å². The first-order valence-electron chi connectivity index (χ1n) is 10.1. The summed E-state index contributed by atoms with van der Waals surface area (Å²) in [5.74, 6) is 1.39. The topological polar surface area (TPSA) is 93.9 Å². The van der Waals surface area contributed by atoms with E-state index in [2.05, 4.69) is 5.10 Å². The molecular weight excluding hydrogens is 430 g/mol. The number of hydrogen-bond acceptors (Lipinski definition) is 6. The molecule has 0 fully saturated rings. The van der Waals surface area contributed by atoms with Crippen molar-refractivity contribution >= 4 is 10.0 Å². The van der Waals surface area contributed by atoms with Gasteiger partial charge in [0.25, 0.3) is 10.0 Å². The van der Waals surface area contributed by atoms with Crippen molar-refractivity contribution in [1.82, 2.24) is 14.1 Å². The maximum Gasteiger partial charge on any atom is 0.262 e. The van der Waals surface area contributed by atoms with Crippen molar-refractivity contribution in [3.63, 3.8) is 0 Å². The van der Waals surface area contributed by atoms with Gasteiger partial charge >= 0.3 is 0 Å². The van der Waals surface area contributed by atoms with Gasteiger partial charge in [-0.1, -0.05) is 24.3 Å². The lowest BCUT2D eigenvalue weighted by molar-refractivity contribution is 0.150. The molecule has 172 valence electrons. The molecule has 0 aliphatic carbocycles. The van der Waals surface area contributed by atoms with Crippen LogP contribution in [0.2, 0.25) is 0 Å². The number of benzene rings is 2. The highest BCUT2D eigenvalue weighted by Crippen LogP contribution is 2.24.